The van der Waals surface area contributed by atoms with Crippen LogP contribution in [-0.2, 0) is 4.79 Å². The van der Waals surface area contributed by atoms with Crippen LogP contribution < -0.4 is 10.1 Å². The average Bonchev–Trinajstić information content (AvgIpc) is 2.76. The van der Waals surface area contributed by atoms with Crippen LogP contribution in [0.2, 0.25) is 0 Å². The lowest BCUT2D eigenvalue weighted by atomic mass is 10.2. The van der Waals surface area contributed by atoms with Crippen molar-refractivity contribution in [2.24, 2.45) is 0 Å². The fourth-order valence-corrected chi connectivity index (χ4v) is 2.72. The Balaban J connectivity index is 1.94. The Morgan fingerprint density at radius 3 is 2.67 bits per heavy atom. The Kier molecular flexibility index (Phi) is 5.90. The maximum Gasteiger partial charge on any atom is 0.244 e. The molecule has 1 aromatic carbocycles. The zero-order valence-electron chi connectivity index (χ0n) is 13.1. The highest BCUT2D eigenvalue weighted by Gasteiger charge is 2.21. The monoisotopic (exact) mass is 290 g/mol. The molecule has 0 aromatic heterocycles. The molecule has 1 N–H and O–H groups in total. The van der Waals surface area contributed by atoms with E-state index in [9.17, 15) is 4.79 Å². The van der Waals surface area contributed by atoms with E-state index in [0.717, 1.165) is 37.4 Å². The van der Waals surface area contributed by atoms with E-state index in [1.165, 1.54) is 12.8 Å². The van der Waals surface area contributed by atoms with E-state index in [4.69, 9.17) is 4.74 Å². The second kappa shape index (κ2) is 7.91. The largest absolute Gasteiger partial charge is 0.494 e. The number of likely N-dealkylation sites (tertiary alicyclic amines) is 1. The van der Waals surface area contributed by atoms with Gasteiger partial charge in [0.15, 0.2) is 0 Å². The fourth-order valence-electron chi connectivity index (χ4n) is 2.72. The Hall–Kier alpha value is -1.71. The summed E-state index contributed by atoms with van der Waals surface area (Å²) in [6.45, 7) is 6.32. The van der Waals surface area contributed by atoms with Gasteiger partial charge in [0, 0.05) is 24.8 Å². The summed E-state index contributed by atoms with van der Waals surface area (Å²) in [5.74, 6) is 1.02. The molecule has 116 valence electrons. The van der Waals surface area contributed by atoms with Crippen LogP contribution in [0.25, 0.3) is 0 Å². The molecule has 0 aliphatic carbocycles. The zero-order chi connectivity index (χ0) is 15.1. The summed E-state index contributed by atoms with van der Waals surface area (Å²) in [6, 6.07) is 7.57. The third-order valence-corrected chi connectivity index (χ3v) is 3.82. The van der Waals surface area contributed by atoms with E-state index >= 15 is 0 Å². The Morgan fingerprint density at radius 1 is 1.29 bits per heavy atom. The lowest BCUT2D eigenvalue weighted by Gasteiger charge is -2.25. The molecule has 21 heavy (non-hydrogen) atoms. The molecule has 1 fully saturated rings. The van der Waals surface area contributed by atoms with E-state index in [-0.39, 0.29) is 11.9 Å². The van der Waals surface area contributed by atoms with Crippen LogP contribution in [0.15, 0.2) is 24.3 Å². The summed E-state index contributed by atoms with van der Waals surface area (Å²) in [5, 5.41) is 3.29. The topological polar surface area (TPSA) is 41.6 Å². The van der Waals surface area contributed by atoms with Gasteiger partial charge in [0.1, 0.15) is 11.8 Å². The minimum atomic E-state index is -0.208. The van der Waals surface area contributed by atoms with Crippen LogP contribution in [0.3, 0.4) is 0 Å². The van der Waals surface area contributed by atoms with Crippen LogP contribution in [-0.4, -0.2) is 36.5 Å². The summed E-state index contributed by atoms with van der Waals surface area (Å²) < 4.78 is 5.49. The van der Waals surface area contributed by atoms with Crippen LogP contribution >= 0.6 is 0 Å². The first-order valence-electron chi connectivity index (χ1n) is 7.99. The second-order valence-electron chi connectivity index (χ2n) is 5.57. The average molecular weight is 290 g/mol. The van der Waals surface area contributed by atoms with E-state index in [0.29, 0.717) is 6.61 Å². The van der Waals surface area contributed by atoms with Crippen molar-refractivity contribution in [3.05, 3.63) is 24.3 Å². The normalized spacial score (nSPS) is 17.0. The molecule has 1 atom stereocenters. The van der Waals surface area contributed by atoms with Crippen molar-refractivity contribution in [1.82, 2.24) is 4.90 Å². The van der Waals surface area contributed by atoms with Gasteiger partial charge in [0.25, 0.3) is 0 Å². The van der Waals surface area contributed by atoms with Crippen LogP contribution in [0.1, 0.15) is 39.5 Å². The van der Waals surface area contributed by atoms with Gasteiger partial charge in [-0.3, -0.25) is 4.79 Å². The van der Waals surface area contributed by atoms with Crippen LogP contribution in [0.5, 0.6) is 5.75 Å². The maximum absolute atomic E-state index is 12.5. The van der Waals surface area contributed by atoms with Crippen molar-refractivity contribution in [2.75, 3.05) is 25.0 Å². The van der Waals surface area contributed by atoms with E-state index in [1.807, 2.05) is 43.0 Å². The number of anilines is 1. The quantitative estimate of drug-likeness (QED) is 0.904. The molecule has 1 aliphatic rings. The summed E-state index contributed by atoms with van der Waals surface area (Å²) in [6.07, 6.45) is 4.72. The number of carbonyl (C=O) groups is 1. The maximum atomic E-state index is 12.5. The van der Waals surface area contributed by atoms with Crippen LogP contribution in [0, 0.1) is 0 Å². The highest BCUT2D eigenvalue weighted by Crippen LogP contribution is 2.19. The summed E-state index contributed by atoms with van der Waals surface area (Å²) in [4.78, 5) is 14.5. The molecule has 1 unspecified atom stereocenters. The number of carbonyl (C=O) groups excluding carboxylic acids is 1. The molecular weight excluding hydrogens is 264 g/mol. The van der Waals surface area contributed by atoms with E-state index < -0.39 is 0 Å². The van der Waals surface area contributed by atoms with Crippen molar-refractivity contribution in [3.63, 3.8) is 0 Å². The number of rotatable bonds is 5. The molecule has 1 amide bonds. The third-order valence-electron chi connectivity index (χ3n) is 3.82. The van der Waals surface area contributed by atoms with Crippen molar-refractivity contribution in [1.29, 1.82) is 0 Å². The van der Waals surface area contributed by atoms with Gasteiger partial charge >= 0.3 is 0 Å². The van der Waals surface area contributed by atoms with E-state index in [2.05, 4.69) is 5.32 Å². The standard InChI is InChI=1S/C17H26N2O2/c1-3-21-16-10-8-9-15(13-16)18-14(2)17(20)19-11-6-4-5-7-12-19/h8-10,13-14,18H,3-7,11-12H2,1-2H3. The first-order valence-corrected chi connectivity index (χ1v) is 7.99. The minimum Gasteiger partial charge on any atom is -0.494 e. The number of ether oxygens (including phenoxy) is 1. The van der Waals surface area contributed by atoms with Gasteiger partial charge in [-0.15, -0.1) is 0 Å². The van der Waals surface area contributed by atoms with Gasteiger partial charge in [-0.2, -0.15) is 0 Å². The van der Waals surface area contributed by atoms with Gasteiger partial charge < -0.3 is 15.0 Å². The Bertz CT molecular complexity index is 454. The summed E-state index contributed by atoms with van der Waals surface area (Å²) in [5.41, 5.74) is 0.927. The second-order valence-corrected chi connectivity index (χ2v) is 5.57. The fraction of sp³-hybridized carbons (Fsp3) is 0.588. The Morgan fingerprint density at radius 2 is 2.00 bits per heavy atom. The molecule has 0 spiro atoms. The van der Waals surface area contributed by atoms with Gasteiger partial charge in [-0.05, 0) is 38.8 Å². The predicted octanol–water partition coefficient (Wildman–Crippen LogP) is 3.29. The van der Waals surface area contributed by atoms with E-state index in [1.54, 1.807) is 0 Å². The van der Waals surface area contributed by atoms with Gasteiger partial charge in [0.05, 0.1) is 6.61 Å². The minimum absolute atomic E-state index is 0.193. The number of hydrogen-bond acceptors (Lipinski definition) is 3. The van der Waals surface area contributed by atoms with Crippen molar-refractivity contribution in [2.45, 2.75) is 45.6 Å². The highest BCUT2D eigenvalue weighted by atomic mass is 16.5. The molecule has 0 bridgehead atoms. The third kappa shape index (κ3) is 4.66. The summed E-state index contributed by atoms with van der Waals surface area (Å²) >= 11 is 0. The first kappa shape index (κ1) is 15.7. The molecular formula is C17H26N2O2. The SMILES string of the molecule is CCOc1cccc(NC(C)C(=O)N2CCCCCC2)c1. The molecule has 1 saturated heterocycles. The van der Waals surface area contributed by atoms with Gasteiger partial charge in [0.2, 0.25) is 5.91 Å². The van der Waals surface area contributed by atoms with Crippen molar-refractivity contribution >= 4 is 11.6 Å². The molecule has 4 heteroatoms. The number of amides is 1. The van der Waals surface area contributed by atoms with Crippen LogP contribution in [0.4, 0.5) is 5.69 Å². The van der Waals surface area contributed by atoms with Crippen molar-refractivity contribution < 1.29 is 9.53 Å². The molecule has 0 saturated carbocycles. The lowest BCUT2D eigenvalue weighted by Crippen LogP contribution is -2.41. The Labute approximate surface area is 127 Å². The molecule has 1 aliphatic heterocycles. The predicted molar refractivity (Wildman–Crippen MR) is 85.7 cm³/mol. The number of nitrogens with one attached hydrogen (secondary N) is 1. The zero-order valence-corrected chi connectivity index (χ0v) is 13.1. The number of nitrogens with zero attached hydrogens (tertiary/aromatic N) is 1. The molecule has 4 nitrogen and oxygen atoms in total. The van der Waals surface area contributed by atoms with Crippen molar-refractivity contribution in [3.8, 4) is 5.75 Å². The smallest absolute Gasteiger partial charge is 0.244 e. The summed E-state index contributed by atoms with van der Waals surface area (Å²) in [7, 11) is 0. The van der Waals surface area contributed by atoms with Gasteiger partial charge in [-0.1, -0.05) is 18.9 Å². The molecule has 1 aromatic rings. The molecule has 2 rings (SSSR count). The lowest BCUT2D eigenvalue weighted by molar-refractivity contribution is -0.131. The molecule has 1 heterocycles. The molecule has 0 radical (unpaired) electrons. The number of hydrogen-bond donors (Lipinski definition) is 1. The van der Waals surface area contributed by atoms with Gasteiger partial charge in [-0.25, -0.2) is 0 Å². The first-order chi connectivity index (χ1) is 10.2. The number of benzene rings is 1. The highest BCUT2D eigenvalue weighted by molar-refractivity contribution is 5.84.